The fourth-order valence-corrected chi connectivity index (χ4v) is 3.65. The fraction of sp³-hybridized carbons (Fsp3) is 0.160. The second-order valence-electron chi connectivity index (χ2n) is 7.83. The Kier molecular flexibility index (Phi) is 6.29. The summed E-state index contributed by atoms with van der Waals surface area (Å²) in [5, 5.41) is 5.64. The molecule has 2 aromatic heterocycles. The maximum atomic E-state index is 13.9. The van der Waals surface area contributed by atoms with Gasteiger partial charge in [-0.05, 0) is 55.8 Å². The molecular weight excluding hydrogens is 464 g/mol. The molecule has 0 spiro atoms. The third-order valence-electron chi connectivity index (χ3n) is 5.42. The number of halogens is 4. The monoisotopic (exact) mass is 484 g/mol. The highest BCUT2D eigenvalue weighted by atomic mass is 19.4. The van der Waals surface area contributed by atoms with Crippen LogP contribution in [0.25, 0.3) is 11.0 Å². The number of pyridine rings is 2. The molecule has 1 amide bonds. The number of carbonyl (C=O) groups is 1. The molecule has 4 aromatic rings. The average Bonchev–Trinajstić information content (AvgIpc) is 2.80. The fourth-order valence-electron chi connectivity index (χ4n) is 3.65. The Bertz CT molecular complexity index is 1500. The summed E-state index contributed by atoms with van der Waals surface area (Å²) >= 11 is 0. The lowest BCUT2D eigenvalue weighted by Gasteiger charge is -2.17. The molecule has 35 heavy (non-hydrogen) atoms. The number of anilines is 3. The van der Waals surface area contributed by atoms with Crippen molar-refractivity contribution in [3.8, 4) is 0 Å². The molecule has 2 N–H and O–H groups in total. The van der Waals surface area contributed by atoms with Crippen molar-refractivity contribution in [2.75, 3.05) is 10.6 Å². The van der Waals surface area contributed by atoms with Gasteiger partial charge in [0.1, 0.15) is 5.82 Å². The smallest absolute Gasteiger partial charge is 0.338 e. The van der Waals surface area contributed by atoms with E-state index in [9.17, 15) is 27.2 Å². The van der Waals surface area contributed by atoms with Gasteiger partial charge >= 0.3 is 6.18 Å². The lowest BCUT2D eigenvalue weighted by molar-refractivity contribution is -0.137. The summed E-state index contributed by atoms with van der Waals surface area (Å²) in [5.41, 5.74) is 0.480. The normalized spacial score (nSPS) is 11.5. The number of rotatable bonds is 5. The van der Waals surface area contributed by atoms with Gasteiger partial charge in [0, 0.05) is 23.9 Å². The number of nitrogens with zero attached hydrogens (tertiary/aromatic N) is 2. The van der Waals surface area contributed by atoms with Crippen LogP contribution in [0, 0.1) is 12.7 Å². The zero-order chi connectivity index (χ0) is 25.3. The SMILES string of the molecule is CCn1c(=O)ccc2nc(Nc3ccccc3C)c(NC(=O)c3cc(F)cc(C(F)(F)F)c3)cc21. The molecule has 0 atom stereocenters. The van der Waals surface area contributed by atoms with Gasteiger partial charge in [0.05, 0.1) is 22.3 Å². The van der Waals surface area contributed by atoms with Gasteiger partial charge in [-0.15, -0.1) is 0 Å². The van der Waals surface area contributed by atoms with Crippen LogP contribution in [-0.4, -0.2) is 15.5 Å². The number of benzene rings is 2. The number of para-hydroxylation sites is 1. The van der Waals surface area contributed by atoms with Gasteiger partial charge in [-0.3, -0.25) is 9.59 Å². The predicted molar refractivity (Wildman–Crippen MR) is 125 cm³/mol. The second kappa shape index (κ2) is 9.21. The molecule has 6 nitrogen and oxygen atoms in total. The number of aromatic nitrogens is 2. The molecule has 0 saturated carbocycles. The van der Waals surface area contributed by atoms with Gasteiger partial charge in [0.25, 0.3) is 11.5 Å². The van der Waals surface area contributed by atoms with Crippen LogP contribution in [0.4, 0.5) is 34.8 Å². The van der Waals surface area contributed by atoms with Crippen molar-refractivity contribution >= 4 is 34.1 Å². The molecule has 0 aliphatic rings. The van der Waals surface area contributed by atoms with Gasteiger partial charge in [0.15, 0.2) is 5.82 Å². The predicted octanol–water partition coefficient (Wildman–Crippen LogP) is 5.88. The van der Waals surface area contributed by atoms with E-state index in [1.165, 1.54) is 16.7 Å². The van der Waals surface area contributed by atoms with Gasteiger partial charge < -0.3 is 15.2 Å². The number of alkyl halides is 3. The van der Waals surface area contributed by atoms with Crippen molar-refractivity contribution in [2.24, 2.45) is 0 Å². The van der Waals surface area contributed by atoms with E-state index < -0.39 is 29.0 Å². The number of hydrogen-bond donors (Lipinski definition) is 2. The van der Waals surface area contributed by atoms with E-state index >= 15 is 0 Å². The summed E-state index contributed by atoms with van der Waals surface area (Å²) in [5.74, 6) is -1.96. The number of amides is 1. The molecule has 0 bridgehead atoms. The first-order chi connectivity index (χ1) is 16.6. The summed E-state index contributed by atoms with van der Waals surface area (Å²) in [4.78, 5) is 29.7. The summed E-state index contributed by atoms with van der Waals surface area (Å²) < 4.78 is 54.7. The maximum Gasteiger partial charge on any atom is 0.416 e. The Morgan fingerprint density at radius 1 is 1.03 bits per heavy atom. The minimum Gasteiger partial charge on any atom is -0.338 e. The molecule has 0 saturated heterocycles. The Morgan fingerprint density at radius 3 is 2.46 bits per heavy atom. The highest BCUT2D eigenvalue weighted by molar-refractivity contribution is 6.07. The maximum absolute atomic E-state index is 13.9. The zero-order valence-corrected chi connectivity index (χ0v) is 18.7. The minimum absolute atomic E-state index is 0.108. The quantitative estimate of drug-likeness (QED) is 0.347. The summed E-state index contributed by atoms with van der Waals surface area (Å²) in [6, 6.07) is 13.3. The Balaban J connectivity index is 1.83. The standard InChI is InChI=1S/C25H20F4N4O2/c1-3-33-21-13-20(32-24(35)15-10-16(25(27,28)29)12-17(26)11-15)23(31-19(21)8-9-22(33)34)30-18-7-5-4-6-14(18)2/h4-13H,3H2,1-2H3,(H,30,31)(H,32,35). The van der Waals surface area contributed by atoms with Crippen LogP contribution in [0.15, 0.2) is 65.5 Å². The molecule has 0 aliphatic heterocycles. The molecular formula is C25H20F4N4O2. The Hall–Kier alpha value is -4.21. The van der Waals surface area contributed by atoms with Crippen molar-refractivity contribution < 1.29 is 22.4 Å². The van der Waals surface area contributed by atoms with E-state index in [0.717, 1.165) is 11.6 Å². The average molecular weight is 484 g/mol. The van der Waals surface area contributed by atoms with Gasteiger partial charge in [-0.1, -0.05) is 18.2 Å². The van der Waals surface area contributed by atoms with Crippen molar-refractivity contribution in [3.05, 3.63) is 93.5 Å². The van der Waals surface area contributed by atoms with Gasteiger partial charge in [-0.2, -0.15) is 13.2 Å². The zero-order valence-electron chi connectivity index (χ0n) is 18.7. The van der Waals surface area contributed by atoms with Crippen LogP contribution < -0.4 is 16.2 Å². The van der Waals surface area contributed by atoms with E-state index in [0.29, 0.717) is 35.4 Å². The molecule has 0 aliphatic carbocycles. The van der Waals surface area contributed by atoms with Crippen molar-refractivity contribution in [3.63, 3.8) is 0 Å². The van der Waals surface area contributed by atoms with Crippen molar-refractivity contribution in [1.29, 1.82) is 0 Å². The molecule has 0 unspecified atom stereocenters. The number of aryl methyl sites for hydroxylation is 2. The van der Waals surface area contributed by atoms with Crippen molar-refractivity contribution in [2.45, 2.75) is 26.6 Å². The van der Waals surface area contributed by atoms with Gasteiger partial charge in [0.2, 0.25) is 0 Å². The first-order valence-corrected chi connectivity index (χ1v) is 10.6. The summed E-state index contributed by atoms with van der Waals surface area (Å²) in [7, 11) is 0. The lowest BCUT2D eigenvalue weighted by atomic mass is 10.1. The highest BCUT2D eigenvalue weighted by Crippen LogP contribution is 2.32. The third kappa shape index (κ3) is 5.01. The number of hydrogen-bond acceptors (Lipinski definition) is 4. The molecule has 4 rings (SSSR count). The topological polar surface area (TPSA) is 76.0 Å². The molecule has 2 aromatic carbocycles. The van der Waals surface area contributed by atoms with E-state index in [4.69, 9.17) is 0 Å². The molecule has 10 heteroatoms. The highest BCUT2D eigenvalue weighted by Gasteiger charge is 2.32. The molecule has 0 radical (unpaired) electrons. The van der Waals surface area contributed by atoms with Crippen LogP contribution in [0.5, 0.6) is 0 Å². The largest absolute Gasteiger partial charge is 0.416 e. The van der Waals surface area contributed by atoms with Crippen LogP contribution in [0.2, 0.25) is 0 Å². The molecule has 0 fully saturated rings. The third-order valence-corrected chi connectivity index (χ3v) is 5.42. The van der Waals surface area contributed by atoms with E-state index in [-0.39, 0.29) is 17.1 Å². The van der Waals surface area contributed by atoms with Gasteiger partial charge in [-0.25, -0.2) is 9.37 Å². The first kappa shape index (κ1) is 23.9. The molecule has 2 heterocycles. The van der Waals surface area contributed by atoms with E-state index in [2.05, 4.69) is 15.6 Å². The molecule has 180 valence electrons. The minimum atomic E-state index is -4.82. The number of carbonyl (C=O) groups excluding carboxylic acids is 1. The lowest BCUT2D eigenvalue weighted by Crippen LogP contribution is -2.20. The van der Waals surface area contributed by atoms with Crippen molar-refractivity contribution in [1.82, 2.24) is 9.55 Å². The summed E-state index contributed by atoms with van der Waals surface area (Å²) in [6.07, 6.45) is -4.82. The Labute approximate surface area is 197 Å². The van der Waals surface area contributed by atoms with Crippen LogP contribution >= 0.6 is 0 Å². The van der Waals surface area contributed by atoms with Crippen LogP contribution in [0.1, 0.15) is 28.4 Å². The van der Waals surface area contributed by atoms with Crippen LogP contribution in [-0.2, 0) is 12.7 Å². The second-order valence-corrected chi connectivity index (χ2v) is 7.83. The number of nitrogens with one attached hydrogen (secondary N) is 2. The van der Waals surface area contributed by atoms with E-state index in [1.54, 1.807) is 25.1 Å². The summed E-state index contributed by atoms with van der Waals surface area (Å²) in [6.45, 7) is 3.96. The number of fused-ring (bicyclic) bond motifs is 1. The Morgan fingerprint density at radius 2 is 1.77 bits per heavy atom. The van der Waals surface area contributed by atoms with E-state index in [1.807, 2.05) is 19.1 Å². The first-order valence-electron chi connectivity index (χ1n) is 10.6. The van der Waals surface area contributed by atoms with Crippen LogP contribution in [0.3, 0.4) is 0 Å².